The van der Waals surface area contributed by atoms with Crippen molar-refractivity contribution in [2.24, 2.45) is 5.73 Å². The number of hydrogen-bond donors (Lipinski definition) is 1. The Balaban J connectivity index is 1.19. The van der Waals surface area contributed by atoms with Crippen LogP contribution >= 0.6 is 11.6 Å². The van der Waals surface area contributed by atoms with Crippen LogP contribution in [-0.2, 0) is 27.2 Å². The molecule has 0 bridgehead atoms. The van der Waals surface area contributed by atoms with E-state index in [1.165, 1.54) is 0 Å². The summed E-state index contributed by atoms with van der Waals surface area (Å²) in [6.07, 6.45) is 0.252. The molecule has 0 saturated heterocycles. The van der Waals surface area contributed by atoms with Crippen molar-refractivity contribution < 1.29 is 14.3 Å². The number of nitrogens with two attached hydrogens (primary N) is 1. The molecule has 256 valence electrons. The van der Waals surface area contributed by atoms with E-state index in [1.54, 1.807) is 6.07 Å². The quantitative estimate of drug-likeness (QED) is 0.102. The van der Waals surface area contributed by atoms with Gasteiger partial charge in [-0.05, 0) is 30.2 Å². The Kier molecular flexibility index (Phi) is 10.3. The monoisotopic (exact) mass is 699 g/mol. The number of hydrogen-bond acceptors (Lipinski definition) is 4. The number of carbonyl (C=O) groups is 1. The van der Waals surface area contributed by atoms with E-state index in [1.807, 2.05) is 158 Å². The minimum atomic E-state index is -1.33. The lowest BCUT2D eigenvalue weighted by molar-refractivity contribution is -0.155. The first-order valence-corrected chi connectivity index (χ1v) is 17.7. The van der Waals surface area contributed by atoms with E-state index in [9.17, 15) is 4.79 Å². The van der Waals surface area contributed by atoms with Crippen molar-refractivity contribution in [3.63, 3.8) is 0 Å². The molecular weight excluding hydrogens is 662 g/mol. The molecule has 7 aromatic carbocycles. The minimum Gasteiger partial charge on any atom is -0.473 e. The second kappa shape index (κ2) is 15.5. The largest absolute Gasteiger partial charge is 0.473 e. The molecule has 0 aliphatic carbocycles. The average molecular weight is 700 g/mol. The maximum absolute atomic E-state index is 14.1. The SMILES string of the molecule is N[C@@H](Cc1ccc(OC(c2ccccc2)(c2ccccc2)c2ccccc2)cc1)C(=O)OC(c1ccccc1)(c1ccccc1)c1ccccc1Cl. The van der Waals surface area contributed by atoms with Crippen LogP contribution in [0.3, 0.4) is 0 Å². The minimum absolute atomic E-state index is 0.252. The lowest BCUT2D eigenvalue weighted by atomic mass is 9.80. The third kappa shape index (κ3) is 6.87. The van der Waals surface area contributed by atoms with Crippen LogP contribution in [0.4, 0.5) is 0 Å². The van der Waals surface area contributed by atoms with Crippen molar-refractivity contribution in [2.75, 3.05) is 0 Å². The lowest BCUT2D eigenvalue weighted by Gasteiger charge is -2.36. The van der Waals surface area contributed by atoms with Gasteiger partial charge in [0.25, 0.3) is 0 Å². The zero-order chi connectivity index (χ0) is 35.8. The summed E-state index contributed by atoms with van der Waals surface area (Å²) >= 11 is 6.84. The van der Waals surface area contributed by atoms with Crippen LogP contribution in [0, 0.1) is 0 Å². The molecular formula is C47H38ClNO3. The predicted octanol–water partition coefficient (Wildman–Crippen LogP) is 10.1. The number of halogens is 1. The molecule has 0 heterocycles. The Morgan fingerprint density at radius 1 is 0.500 bits per heavy atom. The van der Waals surface area contributed by atoms with Crippen molar-refractivity contribution in [2.45, 2.75) is 23.7 Å². The van der Waals surface area contributed by atoms with E-state index in [0.717, 1.165) is 33.4 Å². The zero-order valence-corrected chi connectivity index (χ0v) is 29.3. The molecule has 0 fully saturated rings. The Labute approximate surface area is 310 Å². The van der Waals surface area contributed by atoms with E-state index in [0.29, 0.717) is 16.3 Å². The normalized spacial score (nSPS) is 12.1. The van der Waals surface area contributed by atoms with E-state index in [-0.39, 0.29) is 6.42 Å². The number of carbonyl (C=O) groups excluding carboxylic acids is 1. The highest BCUT2D eigenvalue weighted by Gasteiger charge is 2.43. The fourth-order valence-corrected chi connectivity index (χ4v) is 7.14. The summed E-state index contributed by atoms with van der Waals surface area (Å²) in [6.45, 7) is 0. The maximum atomic E-state index is 14.1. The van der Waals surface area contributed by atoms with Crippen molar-refractivity contribution in [1.82, 2.24) is 0 Å². The van der Waals surface area contributed by atoms with Crippen molar-refractivity contribution in [3.8, 4) is 5.75 Å². The molecule has 4 nitrogen and oxygen atoms in total. The number of rotatable bonds is 12. The standard InChI is InChI=1S/C47H38ClNO3/c48-43-29-17-16-28-42(43)47(39-24-12-4-13-25-39,40-26-14-5-15-27-40)52-45(50)44(49)34-35-30-32-41(33-31-35)51-46(36-18-6-1-7-19-36,37-20-8-2-9-21-37)38-22-10-3-11-23-38/h1-33,44H,34,49H2/t44-/m0/s1. The summed E-state index contributed by atoms with van der Waals surface area (Å²) in [5.74, 6) is 0.117. The van der Waals surface area contributed by atoms with E-state index in [4.69, 9.17) is 26.8 Å². The highest BCUT2D eigenvalue weighted by atomic mass is 35.5. The van der Waals surface area contributed by atoms with Crippen molar-refractivity contribution in [1.29, 1.82) is 0 Å². The molecule has 0 saturated carbocycles. The number of ether oxygens (including phenoxy) is 2. The smallest absolute Gasteiger partial charge is 0.324 e. The van der Waals surface area contributed by atoms with Gasteiger partial charge in [-0.25, -0.2) is 0 Å². The van der Waals surface area contributed by atoms with Gasteiger partial charge in [0.15, 0.2) is 11.2 Å². The van der Waals surface area contributed by atoms with Crippen LogP contribution in [0.5, 0.6) is 5.75 Å². The van der Waals surface area contributed by atoms with Crippen LogP contribution in [0.15, 0.2) is 200 Å². The lowest BCUT2D eigenvalue weighted by Crippen LogP contribution is -2.43. The van der Waals surface area contributed by atoms with E-state index >= 15 is 0 Å². The van der Waals surface area contributed by atoms with E-state index in [2.05, 4.69) is 36.4 Å². The molecule has 0 spiro atoms. The first kappa shape index (κ1) is 34.5. The molecule has 7 rings (SSSR count). The summed E-state index contributed by atoms with van der Waals surface area (Å²) in [7, 11) is 0. The van der Waals surface area contributed by atoms with Crippen LogP contribution in [-0.4, -0.2) is 12.0 Å². The zero-order valence-electron chi connectivity index (χ0n) is 28.5. The summed E-state index contributed by atoms with van der Waals surface area (Å²) < 4.78 is 13.6. The van der Waals surface area contributed by atoms with Gasteiger partial charge in [-0.1, -0.05) is 194 Å². The molecule has 7 aromatic rings. The first-order chi connectivity index (χ1) is 25.5. The number of benzene rings is 7. The van der Waals surface area contributed by atoms with Gasteiger partial charge in [-0.3, -0.25) is 4.79 Å². The predicted molar refractivity (Wildman–Crippen MR) is 208 cm³/mol. The highest BCUT2D eigenvalue weighted by molar-refractivity contribution is 6.31. The highest BCUT2D eigenvalue weighted by Crippen LogP contribution is 2.44. The van der Waals surface area contributed by atoms with Gasteiger partial charge >= 0.3 is 5.97 Å². The third-order valence-corrected chi connectivity index (χ3v) is 9.69. The fraction of sp³-hybridized carbons (Fsp3) is 0.0851. The fourth-order valence-electron chi connectivity index (χ4n) is 6.87. The molecule has 52 heavy (non-hydrogen) atoms. The van der Waals surface area contributed by atoms with Gasteiger partial charge in [-0.2, -0.15) is 0 Å². The molecule has 0 aromatic heterocycles. The second-order valence-corrected chi connectivity index (χ2v) is 13.1. The molecule has 0 amide bonds. The van der Waals surface area contributed by atoms with Gasteiger partial charge in [0.05, 0.1) is 0 Å². The molecule has 1 atom stereocenters. The summed E-state index contributed by atoms with van der Waals surface area (Å²) in [6, 6.07) is 64.2. The van der Waals surface area contributed by atoms with Gasteiger partial charge < -0.3 is 15.2 Å². The first-order valence-electron chi connectivity index (χ1n) is 17.3. The molecule has 0 aliphatic heterocycles. The molecule has 0 unspecified atom stereocenters. The Hall–Kier alpha value is -5.94. The van der Waals surface area contributed by atoms with E-state index < -0.39 is 23.2 Å². The molecule has 5 heteroatoms. The summed E-state index contributed by atoms with van der Waals surface area (Å²) in [5.41, 5.74) is 10.4. The molecule has 0 radical (unpaired) electrons. The van der Waals surface area contributed by atoms with Crippen LogP contribution in [0.1, 0.15) is 38.9 Å². The molecule has 2 N–H and O–H groups in total. The Morgan fingerprint density at radius 3 is 1.27 bits per heavy atom. The van der Waals surface area contributed by atoms with Gasteiger partial charge in [0.2, 0.25) is 0 Å². The third-order valence-electron chi connectivity index (χ3n) is 9.36. The topological polar surface area (TPSA) is 61.5 Å². The van der Waals surface area contributed by atoms with Gasteiger partial charge in [-0.15, -0.1) is 0 Å². The summed E-state index contributed by atoms with van der Waals surface area (Å²) in [5, 5.41) is 0.477. The van der Waals surface area contributed by atoms with Crippen LogP contribution < -0.4 is 10.5 Å². The number of esters is 1. The Bertz CT molecular complexity index is 2060. The van der Waals surface area contributed by atoms with Crippen molar-refractivity contribution in [3.05, 3.63) is 244 Å². The van der Waals surface area contributed by atoms with Crippen LogP contribution in [0.25, 0.3) is 0 Å². The Morgan fingerprint density at radius 2 is 0.865 bits per heavy atom. The van der Waals surface area contributed by atoms with Gasteiger partial charge in [0.1, 0.15) is 11.8 Å². The second-order valence-electron chi connectivity index (χ2n) is 12.7. The average Bonchev–Trinajstić information content (AvgIpc) is 3.21. The van der Waals surface area contributed by atoms with Crippen LogP contribution in [0.2, 0.25) is 5.02 Å². The van der Waals surface area contributed by atoms with Gasteiger partial charge in [0, 0.05) is 38.4 Å². The van der Waals surface area contributed by atoms with Crippen molar-refractivity contribution >= 4 is 17.6 Å². The summed E-state index contributed by atoms with van der Waals surface area (Å²) in [4.78, 5) is 14.1. The molecule has 0 aliphatic rings. The maximum Gasteiger partial charge on any atom is 0.324 e.